The molecule has 4 heteroatoms. The minimum atomic E-state index is 0.226. The molecule has 4 nitrogen and oxygen atoms in total. The van der Waals surface area contributed by atoms with Gasteiger partial charge in [0, 0.05) is 31.7 Å². The zero-order valence-electron chi connectivity index (χ0n) is 13.2. The van der Waals surface area contributed by atoms with Crippen LogP contribution in [-0.2, 0) is 11.3 Å². The Morgan fingerprint density at radius 1 is 1.09 bits per heavy atom. The second-order valence-corrected chi connectivity index (χ2v) is 6.37. The standard InChI is InChI=1S/C19H21N3O/c23-19(16-8-4-9-16)22-13-12-21(14-15-6-2-1-3-7-15)18-17(22)10-5-11-20-18/h1-3,5-7,10-11,16H,4,8-9,12-14H2. The molecule has 0 spiro atoms. The molecule has 2 aromatic rings. The van der Waals surface area contributed by atoms with E-state index in [0.29, 0.717) is 0 Å². The molecule has 2 aliphatic rings. The van der Waals surface area contributed by atoms with E-state index in [0.717, 1.165) is 44.0 Å². The van der Waals surface area contributed by atoms with E-state index in [4.69, 9.17) is 0 Å². The molecular formula is C19H21N3O. The van der Waals surface area contributed by atoms with Gasteiger partial charge in [-0.2, -0.15) is 0 Å². The normalized spacial score (nSPS) is 17.6. The number of hydrogen-bond acceptors (Lipinski definition) is 3. The van der Waals surface area contributed by atoms with Crippen molar-refractivity contribution >= 4 is 17.4 Å². The van der Waals surface area contributed by atoms with E-state index >= 15 is 0 Å². The zero-order chi connectivity index (χ0) is 15.6. The number of aromatic nitrogens is 1. The van der Waals surface area contributed by atoms with Crippen LogP contribution in [0, 0.1) is 5.92 Å². The molecule has 0 unspecified atom stereocenters. The van der Waals surface area contributed by atoms with Gasteiger partial charge in [0.2, 0.25) is 5.91 Å². The highest BCUT2D eigenvalue weighted by Gasteiger charge is 2.34. The fourth-order valence-electron chi connectivity index (χ4n) is 3.35. The summed E-state index contributed by atoms with van der Waals surface area (Å²) in [5, 5.41) is 0. The Morgan fingerprint density at radius 2 is 1.91 bits per heavy atom. The summed E-state index contributed by atoms with van der Waals surface area (Å²) in [4.78, 5) is 21.5. The summed E-state index contributed by atoms with van der Waals surface area (Å²) in [7, 11) is 0. The summed E-state index contributed by atoms with van der Waals surface area (Å²) in [6.07, 6.45) is 5.08. The molecule has 1 saturated carbocycles. The van der Waals surface area contributed by atoms with Crippen LogP contribution < -0.4 is 9.80 Å². The Morgan fingerprint density at radius 3 is 2.65 bits per heavy atom. The van der Waals surface area contributed by atoms with Crippen LogP contribution in [0.1, 0.15) is 24.8 Å². The van der Waals surface area contributed by atoms with Gasteiger partial charge in [-0.1, -0.05) is 36.8 Å². The molecule has 0 atom stereocenters. The molecule has 0 saturated heterocycles. The molecule has 2 heterocycles. The van der Waals surface area contributed by atoms with Crippen LogP contribution in [-0.4, -0.2) is 24.0 Å². The molecule has 0 radical (unpaired) electrons. The predicted molar refractivity (Wildman–Crippen MR) is 91.4 cm³/mol. The van der Waals surface area contributed by atoms with Gasteiger partial charge >= 0.3 is 0 Å². The van der Waals surface area contributed by atoms with Crippen LogP contribution >= 0.6 is 0 Å². The number of fused-ring (bicyclic) bond motifs is 1. The maximum Gasteiger partial charge on any atom is 0.230 e. The largest absolute Gasteiger partial charge is 0.349 e. The summed E-state index contributed by atoms with van der Waals surface area (Å²) in [5.74, 6) is 1.43. The van der Waals surface area contributed by atoms with Crippen molar-refractivity contribution in [1.29, 1.82) is 0 Å². The van der Waals surface area contributed by atoms with Gasteiger partial charge in [-0.3, -0.25) is 4.79 Å². The van der Waals surface area contributed by atoms with Gasteiger partial charge in [-0.05, 0) is 30.5 Å². The maximum absolute atomic E-state index is 12.7. The first-order chi connectivity index (χ1) is 11.3. The fourth-order valence-corrected chi connectivity index (χ4v) is 3.35. The summed E-state index contributed by atoms with van der Waals surface area (Å²) < 4.78 is 0. The van der Waals surface area contributed by atoms with E-state index in [1.807, 2.05) is 29.3 Å². The SMILES string of the molecule is O=C(C1CCC1)N1CCN(Cc2ccccc2)c2ncccc21. The zero-order valence-corrected chi connectivity index (χ0v) is 13.2. The first kappa shape index (κ1) is 14.2. The molecule has 1 aliphatic heterocycles. The first-order valence-corrected chi connectivity index (χ1v) is 8.38. The number of amides is 1. The average Bonchev–Trinajstić information content (AvgIpc) is 2.54. The van der Waals surface area contributed by atoms with Crippen molar-refractivity contribution in [1.82, 2.24) is 4.98 Å². The summed E-state index contributed by atoms with van der Waals surface area (Å²) in [5.41, 5.74) is 2.23. The van der Waals surface area contributed by atoms with Crippen LogP contribution in [0.25, 0.3) is 0 Å². The van der Waals surface area contributed by atoms with Gasteiger partial charge in [0.25, 0.3) is 0 Å². The van der Waals surface area contributed by atoms with Crippen molar-refractivity contribution in [2.24, 2.45) is 5.92 Å². The molecule has 1 amide bonds. The molecule has 0 N–H and O–H groups in total. The molecule has 1 aromatic heterocycles. The van der Waals surface area contributed by atoms with Crippen LogP contribution in [0.5, 0.6) is 0 Å². The van der Waals surface area contributed by atoms with Crippen molar-refractivity contribution in [2.75, 3.05) is 22.9 Å². The van der Waals surface area contributed by atoms with Gasteiger partial charge in [-0.15, -0.1) is 0 Å². The van der Waals surface area contributed by atoms with Crippen LogP contribution in [0.4, 0.5) is 11.5 Å². The Kier molecular flexibility index (Phi) is 3.74. The minimum Gasteiger partial charge on any atom is -0.349 e. The van der Waals surface area contributed by atoms with Gasteiger partial charge in [0.15, 0.2) is 5.82 Å². The number of anilines is 2. The second kappa shape index (κ2) is 6.03. The van der Waals surface area contributed by atoms with E-state index in [1.54, 1.807) is 0 Å². The van der Waals surface area contributed by atoms with Crippen molar-refractivity contribution < 1.29 is 4.79 Å². The van der Waals surface area contributed by atoms with Crippen molar-refractivity contribution in [2.45, 2.75) is 25.8 Å². The molecule has 0 bridgehead atoms. The van der Waals surface area contributed by atoms with E-state index < -0.39 is 0 Å². The predicted octanol–water partition coefficient (Wildman–Crippen LogP) is 3.23. The van der Waals surface area contributed by atoms with Crippen LogP contribution in [0.15, 0.2) is 48.7 Å². The monoisotopic (exact) mass is 307 g/mol. The van der Waals surface area contributed by atoms with Crippen LogP contribution in [0.3, 0.4) is 0 Å². The van der Waals surface area contributed by atoms with E-state index in [1.165, 1.54) is 12.0 Å². The average molecular weight is 307 g/mol. The Balaban J connectivity index is 1.60. The number of rotatable bonds is 3. The third kappa shape index (κ3) is 2.69. The maximum atomic E-state index is 12.7. The quantitative estimate of drug-likeness (QED) is 0.873. The van der Waals surface area contributed by atoms with Gasteiger partial charge < -0.3 is 9.80 Å². The van der Waals surface area contributed by atoms with Gasteiger partial charge in [0.05, 0.1) is 5.69 Å². The lowest BCUT2D eigenvalue weighted by Gasteiger charge is -2.39. The number of carbonyl (C=O) groups is 1. The van der Waals surface area contributed by atoms with Crippen molar-refractivity contribution in [3.05, 3.63) is 54.2 Å². The Hall–Kier alpha value is -2.36. The van der Waals surface area contributed by atoms with Gasteiger partial charge in [-0.25, -0.2) is 4.98 Å². The molecule has 1 aromatic carbocycles. The molecular weight excluding hydrogens is 286 g/mol. The number of pyridine rings is 1. The third-order valence-electron chi connectivity index (χ3n) is 4.89. The fraction of sp³-hybridized carbons (Fsp3) is 0.368. The lowest BCUT2D eigenvalue weighted by atomic mass is 9.84. The van der Waals surface area contributed by atoms with E-state index in [2.05, 4.69) is 34.1 Å². The van der Waals surface area contributed by atoms with Crippen molar-refractivity contribution in [3.63, 3.8) is 0 Å². The number of benzene rings is 1. The summed E-state index contributed by atoms with van der Waals surface area (Å²) >= 11 is 0. The smallest absolute Gasteiger partial charge is 0.230 e. The second-order valence-electron chi connectivity index (χ2n) is 6.37. The lowest BCUT2D eigenvalue weighted by Crippen LogP contribution is -2.47. The highest BCUT2D eigenvalue weighted by molar-refractivity contribution is 5.98. The van der Waals surface area contributed by atoms with E-state index in [-0.39, 0.29) is 11.8 Å². The lowest BCUT2D eigenvalue weighted by molar-refractivity contribution is -0.124. The first-order valence-electron chi connectivity index (χ1n) is 8.38. The molecule has 4 rings (SSSR count). The summed E-state index contributed by atoms with van der Waals surface area (Å²) in [6.45, 7) is 2.41. The number of hydrogen-bond donors (Lipinski definition) is 0. The molecule has 23 heavy (non-hydrogen) atoms. The van der Waals surface area contributed by atoms with Crippen LogP contribution in [0.2, 0.25) is 0 Å². The molecule has 1 fully saturated rings. The molecule has 118 valence electrons. The Bertz CT molecular complexity index is 697. The van der Waals surface area contributed by atoms with E-state index in [9.17, 15) is 4.79 Å². The third-order valence-corrected chi connectivity index (χ3v) is 4.89. The summed E-state index contributed by atoms with van der Waals surface area (Å²) in [6, 6.07) is 14.4. The minimum absolute atomic E-state index is 0.226. The topological polar surface area (TPSA) is 36.4 Å². The van der Waals surface area contributed by atoms with Gasteiger partial charge in [0.1, 0.15) is 0 Å². The van der Waals surface area contributed by atoms with Crippen molar-refractivity contribution in [3.8, 4) is 0 Å². The highest BCUT2D eigenvalue weighted by Crippen LogP contribution is 2.36. The molecule has 1 aliphatic carbocycles. The Labute approximate surface area is 136 Å². The number of nitrogens with zero attached hydrogens (tertiary/aromatic N) is 3. The highest BCUT2D eigenvalue weighted by atomic mass is 16.2. The number of carbonyl (C=O) groups excluding carboxylic acids is 1.